The predicted octanol–water partition coefficient (Wildman–Crippen LogP) is 3.72. The van der Waals surface area contributed by atoms with Gasteiger partial charge in [-0.05, 0) is 41.4 Å². The van der Waals surface area contributed by atoms with E-state index in [1.54, 1.807) is 6.92 Å². The molecule has 0 aliphatic rings. The molecule has 0 aromatic heterocycles. The summed E-state index contributed by atoms with van der Waals surface area (Å²) in [5, 5.41) is 0. The van der Waals surface area contributed by atoms with E-state index >= 15 is 0 Å². The minimum Gasteiger partial charge on any atom is -0.294 e. The van der Waals surface area contributed by atoms with Gasteiger partial charge in [-0.3, -0.25) is 4.79 Å². The van der Waals surface area contributed by atoms with Gasteiger partial charge in [-0.25, -0.2) is 0 Å². The van der Waals surface area contributed by atoms with Crippen LogP contribution in [-0.2, 0) is 0 Å². The van der Waals surface area contributed by atoms with Gasteiger partial charge in [0.25, 0.3) is 0 Å². The van der Waals surface area contributed by atoms with Gasteiger partial charge < -0.3 is 0 Å². The highest BCUT2D eigenvalue weighted by Crippen LogP contribution is 2.28. The first kappa shape index (κ1) is 9.93. The Bertz CT molecular complexity index is 332. The van der Waals surface area contributed by atoms with Crippen molar-refractivity contribution in [3.63, 3.8) is 0 Å². The number of rotatable bonds is 1. The highest BCUT2D eigenvalue weighted by molar-refractivity contribution is 9.11. The summed E-state index contributed by atoms with van der Waals surface area (Å²) >= 11 is 6.71. The molecule has 0 N–H and O–H groups in total. The molecule has 0 amide bonds. The first-order valence-corrected chi connectivity index (χ1v) is 5.08. The van der Waals surface area contributed by atoms with Gasteiger partial charge in [0.15, 0.2) is 5.78 Å². The summed E-state index contributed by atoms with van der Waals surface area (Å²) in [6.45, 7) is 3.52. The second kappa shape index (κ2) is 3.71. The quantitative estimate of drug-likeness (QED) is 0.721. The Morgan fingerprint density at radius 3 is 2.33 bits per heavy atom. The van der Waals surface area contributed by atoms with Crippen LogP contribution in [-0.4, -0.2) is 5.78 Å². The van der Waals surface area contributed by atoms with Crippen molar-refractivity contribution >= 4 is 37.6 Å². The number of carbonyl (C=O) groups is 1. The van der Waals surface area contributed by atoms with Crippen molar-refractivity contribution in [2.45, 2.75) is 13.8 Å². The molecule has 1 aromatic rings. The van der Waals surface area contributed by atoms with E-state index in [1.165, 1.54) is 0 Å². The van der Waals surface area contributed by atoms with Crippen LogP contribution in [0.5, 0.6) is 0 Å². The smallest absolute Gasteiger partial charge is 0.162 e. The summed E-state index contributed by atoms with van der Waals surface area (Å²) in [7, 11) is 0. The van der Waals surface area contributed by atoms with Crippen molar-refractivity contribution in [1.29, 1.82) is 0 Å². The summed E-state index contributed by atoms with van der Waals surface area (Å²) < 4.78 is 1.72. The molecule has 0 unspecified atom stereocenters. The molecule has 0 fully saturated rings. The zero-order valence-corrected chi connectivity index (χ0v) is 9.99. The summed E-state index contributed by atoms with van der Waals surface area (Å²) in [6, 6.07) is 3.84. The molecular weight excluding hydrogens is 284 g/mol. The molecule has 0 bridgehead atoms. The van der Waals surface area contributed by atoms with E-state index in [9.17, 15) is 4.79 Å². The van der Waals surface area contributed by atoms with Gasteiger partial charge in [0.1, 0.15) is 0 Å². The molecule has 1 rings (SSSR count). The molecule has 0 saturated heterocycles. The summed E-state index contributed by atoms with van der Waals surface area (Å²) in [5.41, 5.74) is 1.79. The highest BCUT2D eigenvalue weighted by atomic mass is 79.9. The fourth-order valence-corrected chi connectivity index (χ4v) is 2.48. The van der Waals surface area contributed by atoms with Crippen molar-refractivity contribution in [3.8, 4) is 0 Å². The van der Waals surface area contributed by atoms with Gasteiger partial charge >= 0.3 is 0 Å². The first-order valence-electron chi connectivity index (χ1n) is 3.49. The van der Waals surface area contributed by atoms with Gasteiger partial charge in [-0.2, -0.15) is 0 Å². The van der Waals surface area contributed by atoms with Crippen molar-refractivity contribution < 1.29 is 4.79 Å². The van der Waals surface area contributed by atoms with Gasteiger partial charge in [0.2, 0.25) is 0 Å². The molecular formula is C9H8Br2O. The van der Waals surface area contributed by atoms with Crippen LogP contribution in [0.2, 0.25) is 0 Å². The lowest BCUT2D eigenvalue weighted by Crippen LogP contribution is -1.96. The van der Waals surface area contributed by atoms with Gasteiger partial charge in [0, 0.05) is 14.5 Å². The molecule has 0 radical (unpaired) electrons. The maximum absolute atomic E-state index is 11.2. The van der Waals surface area contributed by atoms with E-state index < -0.39 is 0 Å². The standard InChI is InChI=1S/C9H8Br2O/c1-5-3-4-7(10)8(6(2)12)9(5)11/h3-4H,1-2H3. The molecule has 1 nitrogen and oxygen atoms in total. The summed E-state index contributed by atoms with van der Waals surface area (Å²) in [5.74, 6) is 0.0671. The third kappa shape index (κ3) is 1.77. The van der Waals surface area contributed by atoms with Crippen molar-refractivity contribution in [3.05, 3.63) is 32.2 Å². The number of hydrogen-bond acceptors (Lipinski definition) is 1. The third-order valence-electron chi connectivity index (χ3n) is 1.64. The van der Waals surface area contributed by atoms with E-state index in [-0.39, 0.29) is 5.78 Å². The molecule has 0 spiro atoms. The Morgan fingerprint density at radius 2 is 1.92 bits per heavy atom. The predicted molar refractivity (Wildman–Crippen MR) is 56.6 cm³/mol. The third-order valence-corrected chi connectivity index (χ3v) is 3.32. The Labute approximate surface area is 88.4 Å². The van der Waals surface area contributed by atoms with Gasteiger partial charge in [-0.1, -0.05) is 22.0 Å². The fourth-order valence-electron chi connectivity index (χ4n) is 0.979. The number of carbonyl (C=O) groups excluding carboxylic acids is 1. The van der Waals surface area contributed by atoms with E-state index in [2.05, 4.69) is 31.9 Å². The molecule has 0 atom stereocenters. The second-order valence-electron chi connectivity index (χ2n) is 2.61. The summed E-state index contributed by atoms with van der Waals surface area (Å²) in [6.07, 6.45) is 0. The van der Waals surface area contributed by atoms with Crippen molar-refractivity contribution in [2.24, 2.45) is 0 Å². The number of benzene rings is 1. The van der Waals surface area contributed by atoms with Crippen LogP contribution in [0.15, 0.2) is 21.1 Å². The molecule has 64 valence electrons. The minimum atomic E-state index is 0.0671. The largest absolute Gasteiger partial charge is 0.294 e. The number of halogens is 2. The van der Waals surface area contributed by atoms with Crippen LogP contribution in [0.25, 0.3) is 0 Å². The highest BCUT2D eigenvalue weighted by Gasteiger charge is 2.10. The Morgan fingerprint density at radius 1 is 1.33 bits per heavy atom. The van der Waals surface area contributed by atoms with Crippen LogP contribution in [0, 0.1) is 6.92 Å². The molecule has 0 saturated carbocycles. The van der Waals surface area contributed by atoms with E-state index in [0.29, 0.717) is 0 Å². The van der Waals surface area contributed by atoms with E-state index in [0.717, 1.165) is 20.1 Å². The molecule has 12 heavy (non-hydrogen) atoms. The minimum absolute atomic E-state index is 0.0671. The lowest BCUT2D eigenvalue weighted by molar-refractivity contribution is 0.101. The number of ketones is 1. The Hall–Kier alpha value is -0.150. The normalized spacial score (nSPS) is 10.0. The zero-order chi connectivity index (χ0) is 9.30. The molecule has 0 heterocycles. The van der Waals surface area contributed by atoms with Gasteiger partial charge in [-0.15, -0.1) is 0 Å². The summed E-state index contributed by atoms with van der Waals surface area (Å²) in [4.78, 5) is 11.2. The van der Waals surface area contributed by atoms with Crippen LogP contribution < -0.4 is 0 Å². The monoisotopic (exact) mass is 290 g/mol. The van der Waals surface area contributed by atoms with Crippen LogP contribution in [0.4, 0.5) is 0 Å². The average Bonchev–Trinajstić information content (AvgIpc) is 1.97. The maximum atomic E-state index is 11.2. The molecule has 1 aromatic carbocycles. The lowest BCUT2D eigenvalue weighted by atomic mass is 10.1. The zero-order valence-electron chi connectivity index (χ0n) is 6.82. The van der Waals surface area contributed by atoms with Gasteiger partial charge in [0.05, 0.1) is 0 Å². The molecule has 0 aliphatic heterocycles. The van der Waals surface area contributed by atoms with Crippen molar-refractivity contribution in [2.75, 3.05) is 0 Å². The SMILES string of the molecule is CC(=O)c1c(Br)ccc(C)c1Br. The van der Waals surface area contributed by atoms with E-state index in [4.69, 9.17) is 0 Å². The average molecular weight is 292 g/mol. The topological polar surface area (TPSA) is 17.1 Å². The van der Waals surface area contributed by atoms with Crippen LogP contribution >= 0.6 is 31.9 Å². The number of hydrogen-bond donors (Lipinski definition) is 0. The first-order chi connectivity index (χ1) is 5.54. The van der Waals surface area contributed by atoms with Crippen LogP contribution in [0.3, 0.4) is 0 Å². The molecule has 0 aliphatic carbocycles. The number of Topliss-reactive ketones (excluding diaryl/α,β-unsaturated/α-hetero) is 1. The Balaban J connectivity index is 3.43. The Kier molecular flexibility index (Phi) is 3.07. The number of aryl methyl sites for hydroxylation is 1. The fraction of sp³-hybridized carbons (Fsp3) is 0.222. The van der Waals surface area contributed by atoms with Crippen molar-refractivity contribution in [1.82, 2.24) is 0 Å². The van der Waals surface area contributed by atoms with E-state index in [1.807, 2.05) is 19.1 Å². The molecule has 3 heteroatoms. The van der Waals surface area contributed by atoms with Crippen LogP contribution in [0.1, 0.15) is 22.8 Å². The lowest BCUT2D eigenvalue weighted by Gasteiger charge is -2.05. The second-order valence-corrected chi connectivity index (χ2v) is 4.26. The maximum Gasteiger partial charge on any atom is 0.162 e.